The molecule has 2 N–H and O–H groups in total. The molecule has 0 bridgehead atoms. The van der Waals surface area contributed by atoms with Gasteiger partial charge in [0.25, 0.3) is 0 Å². The van der Waals surface area contributed by atoms with Crippen molar-refractivity contribution < 1.29 is 4.74 Å². The molecule has 3 rings (SSSR count). The van der Waals surface area contributed by atoms with Crippen molar-refractivity contribution in [2.75, 3.05) is 6.61 Å². The predicted octanol–water partition coefficient (Wildman–Crippen LogP) is 3.98. The minimum Gasteiger partial charge on any atom is -0.493 e. The van der Waals surface area contributed by atoms with Crippen LogP contribution in [-0.4, -0.2) is 6.61 Å². The number of rotatable bonds is 3. The molecule has 1 aliphatic carbocycles. The molecular weight excluding hydrogens is 234 g/mol. The molecule has 2 nitrogen and oxygen atoms in total. The lowest BCUT2D eigenvalue weighted by molar-refractivity contribution is 0.356. The lowest BCUT2D eigenvalue weighted by Crippen LogP contribution is -2.15. The summed E-state index contributed by atoms with van der Waals surface area (Å²) < 4.78 is 5.56. The van der Waals surface area contributed by atoms with Gasteiger partial charge in [-0.05, 0) is 29.5 Å². The number of ether oxygens (including phenoxy) is 1. The zero-order valence-electron chi connectivity index (χ0n) is 11.7. The lowest BCUT2D eigenvalue weighted by Gasteiger charge is -2.20. The average Bonchev–Trinajstić information content (AvgIpc) is 2.75. The Morgan fingerprint density at radius 1 is 1.16 bits per heavy atom. The molecule has 2 aliphatic rings. The first-order valence-electron chi connectivity index (χ1n) is 7.84. The van der Waals surface area contributed by atoms with Gasteiger partial charge in [0.15, 0.2) is 0 Å². The fourth-order valence-electron chi connectivity index (χ4n) is 3.53. The van der Waals surface area contributed by atoms with E-state index in [4.69, 9.17) is 10.5 Å². The first-order valence-corrected chi connectivity index (χ1v) is 7.84. The summed E-state index contributed by atoms with van der Waals surface area (Å²) >= 11 is 0. The van der Waals surface area contributed by atoms with E-state index in [2.05, 4.69) is 18.2 Å². The van der Waals surface area contributed by atoms with Gasteiger partial charge in [-0.15, -0.1) is 0 Å². The van der Waals surface area contributed by atoms with Crippen LogP contribution in [0.2, 0.25) is 0 Å². The first kappa shape index (κ1) is 13.0. The van der Waals surface area contributed by atoms with E-state index >= 15 is 0 Å². The number of nitrogens with two attached hydrogens (primary N) is 1. The Labute approximate surface area is 116 Å². The molecule has 1 saturated carbocycles. The topological polar surface area (TPSA) is 35.2 Å². The minimum absolute atomic E-state index is 0.203. The maximum absolute atomic E-state index is 6.43. The highest BCUT2D eigenvalue weighted by Crippen LogP contribution is 2.32. The molecule has 0 spiro atoms. The molecule has 2 heteroatoms. The number of hydrogen-bond acceptors (Lipinski definition) is 2. The van der Waals surface area contributed by atoms with Crippen LogP contribution in [0.4, 0.5) is 0 Å². The van der Waals surface area contributed by atoms with Crippen LogP contribution in [0.15, 0.2) is 18.2 Å². The number of hydrogen-bond donors (Lipinski definition) is 1. The van der Waals surface area contributed by atoms with Crippen molar-refractivity contribution in [3.63, 3.8) is 0 Å². The van der Waals surface area contributed by atoms with Gasteiger partial charge in [0, 0.05) is 12.5 Å². The standard InChI is InChI=1S/C17H25NO/c18-16(11-13-5-3-1-2-4-6-13)14-7-8-17-15(12-14)9-10-19-17/h7-8,12-13,16H,1-6,9-11,18H2. The normalized spacial score (nSPS) is 21.5. The maximum atomic E-state index is 6.43. The quantitative estimate of drug-likeness (QED) is 0.833. The Morgan fingerprint density at radius 2 is 1.95 bits per heavy atom. The smallest absolute Gasteiger partial charge is 0.122 e. The monoisotopic (exact) mass is 259 g/mol. The summed E-state index contributed by atoms with van der Waals surface area (Å²) in [6.07, 6.45) is 10.6. The van der Waals surface area contributed by atoms with Crippen LogP contribution in [0.25, 0.3) is 0 Å². The van der Waals surface area contributed by atoms with Crippen molar-refractivity contribution in [3.8, 4) is 5.75 Å². The highest BCUT2D eigenvalue weighted by molar-refractivity contribution is 5.40. The summed E-state index contributed by atoms with van der Waals surface area (Å²) in [5.41, 5.74) is 9.07. The minimum atomic E-state index is 0.203. The SMILES string of the molecule is NC(CC1CCCCCC1)c1ccc2c(c1)CCO2. The molecule has 1 aromatic rings. The highest BCUT2D eigenvalue weighted by atomic mass is 16.5. The van der Waals surface area contributed by atoms with Crippen molar-refractivity contribution in [2.45, 2.75) is 57.4 Å². The summed E-state index contributed by atoms with van der Waals surface area (Å²) in [5, 5.41) is 0. The summed E-state index contributed by atoms with van der Waals surface area (Å²) in [6.45, 7) is 0.830. The second-order valence-electron chi connectivity index (χ2n) is 6.17. The Morgan fingerprint density at radius 3 is 2.74 bits per heavy atom. The van der Waals surface area contributed by atoms with E-state index in [1.165, 1.54) is 49.7 Å². The molecular formula is C17H25NO. The van der Waals surface area contributed by atoms with E-state index in [9.17, 15) is 0 Å². The molecule has 0 aromatic heterocycles. The largest absolute Gasteiger partial charge is 0.493 e. The first-order chi connectivity index (χ1) is 9.33. The Kier molecular flexibility index (Phi) is 4.07. The van der Waals surface area contributed by atoms with Gasteiger partial charge < -0.3 is 10.5 Å². The molecule has 19 heavy (non-hydrogen) atoms. The third-order valence-corrected chi connectivity index (χ3v) is 4.70. The second kappa shape index (κ2) is 5.96. The second-order valence-corrected chi connectivity index (χ2v) is 6.17. The van der Waals surface area contributed by atoms with E-state index in [1.54, 1.807) is 0 Å². The number of benzene rings is 1. The molecule has 1 heterocycles. The van der Waals surface area contributed by atoms with Crippen LogP contribution < -0.4 is 10.5 Å². The lowest BCUT2D eigenvalue weighted by atomic mass is 9.89. The molecule has 0 radical (unpaired) electrons. The predicted molar refractivity (Wildman–Crippen MR) is 78.4 cm³/mol. The van der Waals surface area contributed by atoms with E-state index in [1.807, 2.05) is 0 Å². The van der Waals surface area contributed by atoms with Crippen LogP contribution in [-0.2, 0) is 6.42 Å². The number of fused-ring (bicyclic) bond motifs is 1. The van der Waals surface area contributed by atoms with Gasteiger partial charge in [0.1, 0.15) is 5.75 Å². The Hall–Kier alpha value is -1.02. The van der Waals surface area contributed by atoms with Crippen molar-refractivity contribution in [3.05, 3.63) is 29.3 Å². The summed E-state index contributed by atoms with van der Waals surface area (Å²) in [7, 11) is 0. The van der Waals surface area contributed by atoms with Crippen molar-refractivity contribution >= 4 is 0 Å². The van der Waals surface area contributed by atoms with Crippen LogP contribution in [0, 0.1) is 5.92 Å². The van der Waals surface area contributed by atoms with Crippen molar-refractivity contribution in [1.29, 1.82) is 0 Å². The van der Waals surface area contributed by atoms with Gasteiger partial charge in [-0.3, -0.25) is 0 Å². The van der Waals surface area contributed by atoms with Gasteiger partial charge in [-0.1, -0.05) is 50.7 Å². The van der Waals surface area contributed by atoms with Crippen LogP contribution in [0.1, 0.15) is 62.1 Å². The average molecular weight is 259 g/mol. The molecule has 1 unspecified atom stereocenters. The highest BCUT2D eigenvalue weighted by Gasteiger charge is 2.19. The zero-order valence-corrected chi connectivity index (χ0v) is 11.7. The molecule has 1 aliphatic heterocycles. The zero-order chi connectivity index (χ0) is 13.1. The molecule has 1 aromatic carbocycles. The van der Waals surface area contributed by atoms with Gasteiger partial charge in [-0.25, -0.2) is 0 Å². The third-order valence-electron chi connectivity index (χ3n) is 4.70. The fourth-order valence-corrected chi connectivity index (χ4v) is 3.53. The van der Waals surface area contributed by atoms with Gasteiger partial charge in [0.05, 0.1) is 6.61 Å². The van der Waals surface area contributed by atoms with E-state index in [0.717, 1.165) is 31.1 Å². The van der Waals surface area contributed by atoms with Crippen molar-refractivity contribution in [1.82, 2.24) is 0 Å². The van der Waals surface area contributed by atoms with E-state index in [-0.39, 0.29) is 6.04 Å². The van der Waals surface area contributed by atoms with Gasteiger partial charge >= 0.3 is 0 Å². The van der Waals surface area contributed by atoms with Gasteiger partial charge in [-0.2, -0.15) is 0 Å². The van der Waals surface area contributed by atoms with Crippen LogP contribution in [0.5, 0.6) is 5.75 Å². The van der Waals surface area contributed by atoms with Crippen molar-refractivity contribution in [2.24, 2.45) is 11.7 Å². The molecule has 104 valence electrons. The third kappa shape index (κ3) is 3.11. The van der Waals surface area contributed by atoms with Gasteiger partial charge in [0.2, 0.25) is 0 Å². The van der Waals surface area contributed by atoms with E-state index < -0.39 is 0 Å². The summed E-state index contributed by atoms with van der Waals surface area (Å²) in [4.78, 5) is 0. The molecule has 1 atom stereocenters. The Bertz CT molecular complexity index is 421. The van der Waals surface area contributed by atoms with Crippen LogP contribution in [0.3, 0.4) is 0 Å². The fraction of sp³-hybridized carbons (Fsp3) is 0.647. The molecule has 0 saturated heterocycles. The Balaban J connectivity index is 1.64. The maximum Gasteiger partial charge on any atom is 0.122 e. The molecule has 0 amide bonds. The van der Waals surface area contributed by atoms with Crippen LogP contribution >= 0.6 is 0 Å². The van der Waals surface area contributed by atoms with E-state index in [0.29, 0.717) is 0 Å². The summed E-state index contributed by atoms with van der Waals surface area (Å²) in [5.74, 6) is 1.90. The molecule has 1 fully saturated rings. The summed E-state index contributed by atoms with van der Waals surface area (Å²) in [6, 6.07) is 6.73.